The van der Waals surface area contributed by atoms with Gasteiger partial charge in [-0.3, -0.25) is 4.99 Å². The second kappa shape index (κ2) is 6.17. The molecule has 0 spiro atoms. The minimum absolute atomic E-state index is 0.0564. The summed E-state index contributed by atoms with van der Waals surface area (Å²) in [7, 11) is 1.76. The van der Waals surface area contributed by atoms with E-state index in [0.29, 0.717) is 5.92 Å². The lowest BCUT2D eigenvalue weighted by atomic mass is 9.92. The number of hydroxylamine groups is 1. The fourth-order valence-corrected chi connectivity index (χ4v) is 3.74. The van der Waals surface area contributed by atoms with E-state index in [1.807, 2.05) is 19.9 Å². The van der Waals surface area contributed by atoms with Gasteiger partial charge in [-0.1, -0.05) is 0 Å². The van der Waals surface area contributed by atoms with Gasteiger partial charge < -0.3 is 20.5 Å². The summed E-state index contributed by atoms with van der Waals surface area (Å²) >= 11 is 0. The fourth-order valence-electron chi connectivity index (χ4n) is 3.74. The van der Waals surface area contributed by atoms with Crippen LogP contribution in [0.2, 0.25) is 0 Å². The highest BCUT2D eigenvalue weighted by Crippen LogP contribution is 2.39. The number of aliphatic imine (C=N–C) groups is 1. The molecule has 0 bridgehead atoms. The number of allylic oxidation sites excluding steroid dienone is 2. The molecule has 2 aliphatic rings. The number of aromatic amines is 2. The maximum atomic E-state index is 12.0. The number of H-pyrrole nitrogens is 2. The Labute approximate surface area is 151 Å². The van der Waals surface area contributed by atoms with Crippen LogP contribution in [0.5, 0.6) is 0 Å². The summed E-state index contributed by atoms with van der Waals surface area (Å²) in [6, 6.07) is 4.09. The first-order valence-corrected chi connectivity index (χ1v) is 8.82. The topological polar surface area (TPSA) is 108 Å². The van der Waals surface area contributed by atoms with E-state index in [9.17, 15) is 4.79 Å². The summed E-state index contributed by atoms with van der Waals surface area (Å²) < 4.78 is 0. The Kier molecular flexibility index (Phi) is 3.96. The molecule has 1 aliphatic heterocycles. The first kappa shape index (κ1) is 16.7. The normalized spacial score (nSPS) is 21.6. The standard InChI is InChI=1S/C19H23N5O2/c1-9-16(10(2)26-24-9)12-6-13(18-15(7-12)22-19(25)23-18)17(21-3)14(8-20)11-4-5-11/h6-9,11,24H,4-5,20H2,1-3H3,(H2,22,23,25). The van der Waals surface area contributed by atoms with Crippen LogP contribution in [0, 0.1) is 5.92 Å². The molecule has 5 N–H and O–H groups in total. The number of hydrogen-bond donors (Lipinski definition) is 4. The Balaban J connectivity index is 1.96. The van der Waals surface area contributed by atoms with Crippen LogP contribution in [0.3, 0.4) is 0 Å². The predicted molar refractivity (Wildman–Crippen MR) is 103 cm³/mol. The maximum Gasteiger partial charge on any atom is 0.323 e. The Bertz CT molecular complexity index is 1020. The van der Waals surface area contributed by atoms with Crippen LogP contribution in [-0.2, 0) is 4.84 Å². The van der Waals surface area contributed by atoms with Crippen LogP contribution in [0.4, 0.5) is 0 Å². The van der Waals surface area contributed by atoms with Crippen molar-refractivity contribution < 1.29 is 4.84 Å². The van der Waals surface area contributed by atoms with Gasteiger partial charge in [-0.25, -0.2) is 4.79 Å². The predicted octanol–water partition coefficient (Wildman–Crippen LogP) is 2.18. The SMILES string of the molecule is CN=C(C(=CN)C1CC1)c1cc(C2=C(C)ONC2C)cc2[nH]c(=O)[nH]c12. The third kappa shape index (κ3) is 2.64. The van der Waals surface area contributed by atoms with Crippen LogP contribution in [0.1, 0.15) is 37.8 Å². The van der Waals surface area contributed by atoms with Gasteiger partial charge in [0.1, 0.15) is 5.76 Å². The Morgan fingerprint density at radius 1 is 1.35 bits per heavy atom. The van der Waals surface area contributed by atoms with Crippen molar-refractivity contribution in [3.05, 3.63) is 51.3 Å². The molecule has 1 atom stereocenters. The smallest absolute Gasteiger partial charge is 0.323 e. The zero-order chi connectivity index (χ0) is 18.4. The molecule has 2 heterocycles. The average molecular weight is 353 g/mol. The van der Waals surface area contributed by atoms with Crippen molar-refractivity contribution in [3.8, 4) is 0 Å². The van der Waals surface area contributed by atoms with E-state index in [2.05, 4.69) is 26.5 Å². The van der Waals surface area contributed by atoms with Crippen LogP contribution in [0.25, 0.3) is 16.6 Å². The molecule has 0 amide bonds. The molecular formula is C19H23N5O2. The van der Waals surface area contributed by atoms with Gasteiger partial charge in [0.25, 0.3) is 0 Å². The van der Waals surface area contributed by atoms with Gasteiger partial charge in [0.2, 0.25) is 0 Å². The van der Waals surface area contributed by atoms with Gasteiger partial charge in [0, 0.05) is 18.2 Å². The summed E-state index contributed by atoms with van der Waals surface area (Å²) in [6.07, 6.45) is 3.89. The Morgan fingerprint density at radius 3 is 2.69 bits per heavy atom. The van der Waals surface area contributed by atoms with E-state index >= 15 is 0 Å². The molecule has 7 nitrogen and oxygen atoms in total. The van der Waals surface area contributed by atoms with Gasteiger partial charge in [-0.05, 0) is 62.1 Å². The second-order valence-electron chi connectivity index (χ2n) is 6.91. The van der Waals surface area contributed by atoms with Crippen molar-refractivity contribution in [2.24, 2.45) is 16.6 Å². The number of nitrogens with zero attached hydrogens (tertiary/aromatic N) is 1. The summed E-state index contributed by atoms with van der Waals surface area (Å²) in [4.78, 5) is 27.7. The van der Waals surface area contributed by atoms with Gasteiger partial charge >= 0.3 is 5.69 Å². The van der Waals surface area contributed by atoms with Crippen molar-refractivity contribution >= 4 is 22.3 Å². The summed E-state index contributed by atoms with van der Waals surface area (Å²) in [5.41, 5.74) is 15.0. The monoisotopic (exact) mass is 353 g/mol. The third-order valence-electron chi connectivity index (χ3n) is 5.09. The molecule has 7 heteroatoms. The van der Waals surface area contributed by atoms with E-state index in [1.165, 1.54) is 0 Å². The Hall–Kier alpha value is -2.80. The lowest BCUT2D eigenvalue weighted by Gasteiger charge is -2.14. The number of hydrogen-bond acceptors (Lipinski definition) is 5. The largest absolute Gasteiger partial charge is 0.413 e. The molecule has 1 unspecified atom stereocenters. The van der Waals surface area contributed by atoms with Crippen molar-refractivity contribution in [3.63, 3.8) is 0 Å². The van der Waals surface area contributed by atoms with Crippen LogP contribution >= 0.6 is 0 Å². The van der Waals surface area contributed by atoms with Crippen molar-refractivity contribution in [1.82, 2.24) is 15.4 Å². The van der Waals surface area contributed by atoms with Gasteiger partial charge in [-0.15, -0.1) is 5.48 Å². The van der Waals surface area contributed by atoms with Crippen molar-refractivity contribution in [2.75, 3.05) is 7.05 Å². The molecule has 1 aromatic carbocycles. The highest BCUT2D eigenvalue weighted by molar-refractivity contribution is 6.19. The highest BCUT2D eigenvalue weighted by atomic mass is 16.7. The minimum Gasteiger partial charge on any atom is -0.413 e. The number of rotatable bonds is 4. The molecule has 1 saturated carbocycles. The number of imidazole rings is 1. The van der Waals surface area contributed by atoms with Gasteiger partial charge in [0.05, 0.1) is 22.8 Å². The molecule has 136 valence electrons. The third-order valence-corrected chi connectivity index (χ3v) is 5.09. The maximum absolute atomic E-state index is 12.0. The van der Waals surface area contributed by atoms with Crippen LogP contribution in [-0.4, -0.2) is 28.8 Å². The van der Waals surface area contributed by atoms with E-state index in [-0.39, 0.29) is 11.7 Å². The molecule has 1 fully saturated rings. The Morgan fingerprint density at radius 2 is 2.12 bits per heavy atom. The second-order valence-corrected chi connectivity index (χ2v) is 6.91. The van der Waals surface area contributed by atoms with Crippen molar-refractivity contribution in [2.45, 2.75) is 32.7 Å². The number of nitrogens with two attached hydrogens (primary N) is 1. The first-order chi connectivity index (χ1) is 12.5. The van der Waals surface area contributed by atoms with Crippen LogP contribution < -0.4 is 16.9 Å². The zero-order valence-electron chi connectivity index (χ0n) is 15.1. The van der Waals surface area contributed by atoms with Crippen molar-refractivity contribution in [1.29, 1.82) is 0 Å². The van der Waals surface area contributed by atoms with Gasteiger partial charge in [-0.2, -0.15) is 0 Å². The molecule has 4 rings (SSSR count). The number of aromatic nitrogens is 2. The molecular weight excluding hydrogens is 330 g/mol. The molecule has 2 aromatic rings. The average Bonchev–Trinajstić information content (AvgIpc) is 3.29. The molecule has 26 heavy (non-hydrogen) atoms. The van der Waals surface area contributed by atoms with E-state index in [4.69, 9.17) is 10.6 Å². The highest BCUT2D eigenvalue weighted by Gasteiger charge is 2.31. The number of benzene rings is 1. The molecule has 1 aliphatic carbocycles. The summed E-state index contributed by atoms with van der Waals surface area (Å²) in [5, 5.41) is 0. The molecule has 0 saturated heterocycles. The lowest BCUT2D eigenvalue weighted by Crippen LogP contribution is -2.19. The fraction of sp³-hybridized carbons (Fsp3) is 0.368. The molecule has 1 aromatic heterocycles. The lowest BCUT2D eigenvalue weighted by molar-refractivity contribution is 0.122. The van der Waals surface area contributed by atoms with Gasteiger partial charge in [0.15, 0.2) is 0 Å². The first-order valence-electron chi connectivity index (χ1n) is 8.82. The minimum atomic E-state index is -0.238. The van der Waals surface area contributed by atoms with E-state index in [0.717, 1.165) is 57.6 Å². The van der Waals surface area contributed by atoms with Crippen LogP contribution in [0.15, 0.2) is 39.5 Å². The number of fused-ring (bicyclic) bond motifs is 1. The number of nitrogens with one attached hydrogen (secondary N) is 3. The zero-order valence-corrected chi connectivity index (χ0v) is 15.1. The molecule has 0 radical (unpaired) electrons. The quantitative estimate of drug-likeness (QED) is 0.632. The summed E-state index contributed by atoms with van der Waals surface area (Å²) in [6.45, 7) is 3.97. The summed E-state index contributed by atoms with van der Waals surface area (Å²) in [5.74, 6) is 1.27. The van der Waals surface area contributed by atoms with E-state index < -0.39 is 0 Å². The van der Waals surface area contributed by atoms with E-state index in [1.54, 1.807) is 13.2 Å².